The Bertz CT molecular complexity index is 777. The molecule has 0 atom stereocenters. The first-order valence-electron chi connectivity index (χ1n) is 9.34. The van der Waals surface area contributed by atoms with E-state index in [9.17, 15) is 4.79 Å². The van der Waals surface area contributed by atoms with Crippen LogP contribution in [0.4, 0.5) is 0 Å². The van der Waals surface area contributed by atoms with Gasteiger partial charge in [0.05, 0.1) is 0 Å². The molecule has 0 aromatic heterocycles. The highest BCUT2D eigenvalue weighted by molar-refractivity contribution is 9.11. The summed E-state index contributed by atoms with van der Waals surface area (Å²) in [5.74, 6) is 1.03. The van der Waals surface area contributed by atoms with Crippen LogP contribution in [-0.2, 0) is 4.79 Å². The third-order valence-corrected chi connectivity index (χ3v) is 5.70. The molecule has 0 spiro atoms. The zero-order valence-electron chi connectivity index (χ0n) is 15.2. The van der Waals surface area contributed by atoms with E-state index >= 15 is 0 Å². The number of allylic oxidation sites excluding steroid dienone is 4. The van der Waals surface area contributed by atoms with Gasteiger partial charge in [-0.05, 0) is 65.8 Å². The fourth-order valence-electron chi connectivity index (χ4n) is 3.77. The lowest BCUT2D eigenvalue weighted by atomic mass is 9.77. The van der Waals surface area contributed by atoms with Gasteiger partial charge in [0, 0.05) is 5.92 Å². The van der Waals surface area contributed by atoms with Crippen molar-refractivity contribution in [2.24, 2.45) is 5.92 Å². The van der Waals surface area contributed by atoms with Crippen LogP contribution in [0.5, 0.6) is 0 Å². The van der Waals surface area contributed by atoms with Crippen LogP contribution < -0.4 is 0 Å². The summed E-state index contributed by atoms with van der Waals surface area (Å²) in [5, 5.41) is 0. The molecule has 0 saturated heterocycles. The standard InChI is InChI=1S/C24H25BrO/c1-18(25)23(21-10-6-3-7-11-21)16-17-24(26)22-14-12-20(13-15-22)19-8-4-2-5-9-19/h2-11,16-17,20,22H,12-15H2,1H3/b17-16-,23-18+. The average Bonchev–Trinajstić information content (AvgIpc) is 2.69. The van der Waals surface area contributed by atoms with Gasteiger partial charge in [0.25, 0.3) is 0 Å². The summed E-state index contributed by atoms with van der Waals surface area (Å²) < 4.78 is 1.04. The van der Waals surface area contributed by atoms with Crippen molar-refractivity contribution in [3.05, 3.63) is 88.4 Å². The van der Waals surface area contributed by atoms with Crippen molar-refractivity contribution < 1.29 is 4.79 Å². The first-order valence-corrected chi connectivity index (χ1v) is 10.1. The van der Waals surface area contributed by atoms with Crippen molar-refractivity contribution in [3.63, 3.8) is 0 Å². The molecular formula is C24H25BrO. The molecule has 134 valence electrons. The van der Waals surface area contributed by atoms with E-state index in [1.807, 2.05) is 31.2 Å². The number of halogens is 1. The Labute approximate surface area is 165 Å². The van der Waals surface area contributed by atoms with E-state index in [4.69, 9.17) is 0 Å². The van der Waals surface area contributed by atoms with Crippen LogP contribution in [0.15, 0.2) is 77.3 Å². The van der Waals surface area contributed by atoms with Crippen LogP contribution in [-0.4, -0.2) is 5.78 Å². The maximum Gasteiger partial charge on any atom is 0.158 e. The molecule has 0 unspecified atom stereocenters. The molecule has 0 bridgehead atoms. The quantitative estimate of drug-likeness (QED) is 0.387. The number of ketones is 1. The molecule has 26 heavy (non-hydrogen) atoms. The van der Waals surface area contributed by atoms with Gasteiger partial charge in [0.1, 0.15) is 0 Å². The molecule has 0 N–H and O–H groups in total. The summed E-state index contributed by atoms with van der Waals surface area (Å²) in [4.78, 5) is 12.7. The number of rotatable bonds is 5. The van der Waals surface area contributed by atoms with Crippen LogP contribution in [0, 0.1) is 5.92 Å². The normalized spacial score (nSPS) is 21.5. The SMILES string of the molecule is C/C(Br)=C(/C=C\C(=O)C1CCC(c2ccccc2)CC1)c1ccccc1. The smallest absolute Gasteiger partial charge is 0.158 e. The molecular weight excluding hydrogens is 384 g/mol. The van der Waals surface area contributed by atoms with E-state index in [0.717, 1.165) is 41.3 Å². The first kappa shape index (κ1) is 18.8. The Morgan fingerprint density at radius 1 is 0.885 bits per heavy atom. The number of hydrogen-bond acceptors (Lipinski definition) is 1. The maximum atomic E-state index is 12.7. The third-order valence-electron chi connectivity index (χ3n) is 5.27. The van der Waals surface area contributed by atoms with Gasteiger partial charge in [0.2, 0.25) is 0 Å². The van der Waals surface area contributed by atoms with Gasteiger partial charge in [-0.2, -0.15) is 0 Å². The minimum Gasteiger partial charge on any atom is -0.295 e. The lowest BCUT2D eigenvalue weighted by Crippen LogP contribution is -2.19. The van der Waals surface area contributed by atoms with Crippen LogP contribution in [0.1, 0.15) is 49.7 Å². The first-order chi connectivity index (χ1) is 12.6. The zero-order chi connectivity index (χ0) is 18.4. The molecule has 0 radical (unpaired) electrons. The summed E-state index contributed by atoms with van der Waals surface area (Å²) in [6, 6.07) is 20.9. The number of carbonyl (C=O) groups excluding carboxylic acids is 1. The molecule has 1 saturated carbocycles. The topological polar surface area (TPSA) is 17.1 Å². The van der Waals surface area contributed by atoms with Gasteiger partial charge < -0.3 is 0 Å². The van der Waals surface area contributed by atoms with Crippen molar-refractivity contribution in [1.82, 2.24) is 0 Å². The lowest BCUT2D eigenvalue weighted by Gasteiger charge is -2.27. The van der Waals surface area contributed by atoms with Gasteiger partial charge >= 0.3 is 0 Å². The second-order valence-corrected chi connectivity index (χ2v) is 8.20. The van der Waals surface area contributed by atoms with E-state index in [0.29, 0.717) is 5.92 Å². The minimum absolute atomic E-state index is 0.166. The molecule has 1 aliphatic carbocycles. The van der Waals surface area contributed by atoms with Crippen molar-refractivity contribution in [2.75, 3.05) is 0 Å². The second kappa shape index (κ2) is 9.14. The molecule has 3 rings (SSSR count). The predicted molar refractivity (Wildman–Crippen MR) is 113 cm³/mol. The highest BCUT2D eigenvalue weighted by Crippen LogP contribution is 2.36. The summed E-state index contributed by atoms with van der Waals surface area (Å²) in [5.41, 5.74) is 3.61. The molecule has 0 aliphatic heterocycles. The van der Waals surface area contributed by atoms with Crippen molar-refractivity contribution in [2.45, 2.75) is 38.5 Å². The van der Waals surface area contributed by atoms with E-state index in [2.05, 4.69) is 58.4 Å². The molecule has 2 aromatic carbocycles. The van der Waals surface area contributed by atoms with Gasteiger partial charge in [0.15, 0.2) is 5.78 Å². The van der Waals surface area contributed by atoms with Crippen LogP contribution >= 0.6 is 15.9 Å². The highest BCUT2D eigenvalue weighted by Gasteiger charge is 2.25. The largest absolute Gasteiger partial charge is 0.295 e. The van der Waals surface area contributed by atoms with Crippen LogP contribution in [0.3, 0.4) is 0 Å². The predicted octanol–water partition coefficient (Wildman–Crippen LogP) is 6.91. The summed E-state index contributed by atoms with van der Waals surface area (Å²) >= 11 is 3.57. The lowest BCUT2D eigenvalue weighted by molar-refractivity contribution is -0.119. The van der Waals surface area contributed by atoms with Gasteiger partial charge in [-0.25, -0.2) is 0 Å². The van der Waals surface area contributed by atoms with Gasteiger partial charge in [-0.3, -0.25) is 4.79 Å². The molecule has 0 amide bonds. The fourth-order valence-corrected chi connectivity index (χ4v) is 4.13. The van der Waals surface area contributed by atoms with Gasteiger partial charge in [-0.1, -0.05) is 82.7 Å². The zero-order valence-corrected chi connectivity index (χ0v) is 16.8. The average molecular weight is 409 g/mol. The maximum absolute atomic E-state index is 12.7. The molecule has 2 heteroatoms. The molecule has 2 aromatic rings. The Hall–Kier alpha value is -1.93. The molecule has 1 fully saturated rings. The van der Waals surface area contributed by atoms with Crippen LogP contribution in [0.2, 0.25) is 0 Å². The van der Waals surface area contributed by atoms with Gasteiger partial charge in [-0.15, -0.1) is 0 Å². The van der Waals surface area contributed by atoms with E-state index in [1.165, 1.54) is 5.56 Å². The Kier molecular flexibility index (Phi) is 6.62. The van der Waals surface area contributed by atoms with Crippen molar-refractivity contribution in [3.8, 4) is 0 Å². The fraction of sp³-hybridized carbons (Fsp3) is 0.292. The summed E-state index contributed by atoms with van der Waals surface area (Å²) in [6.45, 7) is 2.02. The third kappa shape index (κ3) is 4.82. The van der Waals surface area contributed by atoms with Crippen molar-refractivity contribution >= 4 is 27.3 Å². The van der Waals surface area contributed by atoms with E-state index in [-0.39, 0.29) is 11.7 Å². The monoisotopic (exact) mass is 408 g/mol. The van der Waals surface area contributed by atoms with Crippen molar-refractivity contribution in [1.29, 1.82) is 0 Å². The molecule has 0 heterocycles. The highest BCUT2D eigenvalue weighted by atomic mass is 79.9. The number of hydrogen-bond donors (Lipinski definition) is 0. The van der Waals surface area contributed by atoms with Crippen LogP contribution in [0.25, 0.3) is 5.57 Å². The van der Waals surface area contributed by atoms with E-state index < -0.39 is 0 Å². The number of benzene rings is 2. The minimum atomic E-state index is 0.166. The Balaban J connectivity index is 1.62. The summed E-state index contributed by atoms with van der Waals surface area (Å²) in [6.07, 6.45) is 7.92. The summed E-state index contributed by atoms with van der Waals surface area (Å²) in [7, 11) is 0. The van der Waals surface area contributed by atoms with E-state index in [1.54, 1.807) is 6.08 Å². The molecule has 1 aliphatic rings. The number of carbonyl (C=O) groups is 1. The Morgan fingerprint density at radius 3 is 2.04 bits per heavy atom. The second-order valence-electron chi connectivity index (χ2n) is 7.01. The molecule has 1 nitrogen and oxygen atoms in total. The Morgan fingerprint density at radius 2 is 1.46 bits per heavy atom.